The van der Waals surface area contributed by atoms with Crippen molar-refractivity contribution in [3.05, 3.63) is 65.7 Å². The van der Waals surface area contributed by atoms with Crippen LogP contribution in [0.5, 0.6) is 0 Å². The molecule has 0 unspecified atom stereocenters. The van der Waals surface area contributed by atoms with Gasteiger partial charge in [-0.15, -0.1) is 0 Å². The van der Waals surface area contributed by atoms with Gasteiger partial charge in [-0.25, -0.2) is 23.7 Å². The second-order valence-electron chi connectivity index (χ2n) is 8.52. The largest absolute Gasteiger partial charge is 0.462 e. The molecule has 5 rings (SSSR count). The fourth-order valence-electron chi connectivity index (χ4n) is 4.52. The van der Waals surface area contributed by atoms with E-state index < -0.39 is 5.97 Å². The van der Waals surface area contributed by atoms with E-state index in [1.165, 1.54) is 25.0 Å². The molecule has 1 aliphatic carbocycles. The summed E-state index contributed by atoms with van der Waals surface area (Å²) in [5.41, 5.74) is 4.75. The van der Waals surface area contributed by atoms with Crippen LogP contribution in [0.25, 0.3) is 28.0 Å². The molecule has 0 bridgehead atoms. The molecule has 0 amide bonds. The summed E-state index contributed by atoms with van der Waals surface area (Å²) in [5.74, 6) is -0.151. The molecule has 8 heteroatoms. The summed E-state index contributed by atoms with van der Waals surface area (Å²) in [6.07, 6.45) is 6.34. The Morgan fingerprint density at radius 2 is 1.94 bits per heavy atom. The molecule has 1 saturated carbocycles. The molecule has 7 nitrogen and oxygen atoms in total. The number of anilines is 1. The molecule has 3 heterocycles. The third kappa shape index (κ3) is 4.23. The van der Waals surface area contributed by atoms with Crippen molar-refractivity contribution in [2.24, 2.45) is 0 Å². The average Bonchev–Trinajstić information content (AvgIpc) is 3.48. The first-order valence-electron chi connectivity index (χ1n) is 11.6. The number of hydrogen-bond acceptors (Lipinski definition) is 6. The SMILES string of the molecule is CCOC(=O)c1cc(C)n2nc(-c3ccc(F)cc3)c(-c3ccnc(NC4CCCC4)n3)c2c1. The van der Waals surface area contributed by atoms with Crippen molar-refractivity contribution in [1.29, 1.82) is 0 Å². The molecule has 0 spiro atoms. The maximum absolute atomic E-state index is 13.6. The molecule has 174 valence electrons. The van der Waals surface area contributed by atoms with Crippen LogP contribution in [0.3, 0.4) is 0 Å². The summed E-state index contributed by atoms with van der Waals surface area (Å²) >= 11 is 0. The molecule has 3 aromatic heterocycles. The molecule has 1 fully saturated rings. The number of benzene rings is 1. The number of pyridine rings is 1. The predicted molar refractivity (Wildman–Crippen MR) is 128 cm³/mol. The molecular weight excluding hydrogens is 433 g/mol. The van der Waals surface area contributed by atoms with Gasteiger partial charge in [-0.05, 0) is 69.2 Å². The minimum atomic E-state index is -0.394. The monoisotopic (exact) mass is 459 g/mol. The van der Waals surface area contributed by atoms with Gasteiger partial charge in [-0.2, -0.15) is 5.10 Å². The predicted octanol–water partition coefficient (Wildman–Crippen LogP) is 5.44. The Morgan fingerprint density at radius 1 is 1.18 bits per heavy atom. The average molecular weight is 460 g/mol. The van der Waals surface area contributed by atoms with Crippen LogP contribution < -0.4 is 5.32 Å². The minimum Gasteiger partial charge on any atom is -0.462 e. The number of halogens is 1. The standard InChI is InChI=1S/C26H26FN5O2/c1-3-34-25(33)18-14-16(2)32-22(15-18)23(24(31-32)17-8-10-19(27)11-9-17)21-12-13-28-26(30-21)29-20-6-4-5-7-20/h8-15,20H,3-7H2,1-2H3,(H,28,29,30). The molecule has 1 aliphatic rings. The van der Waals surface area contributed by atoms with Gasteiger partial charge in [0.1, 0.15) is 11.5 Å². The number of carbonyl (C=O) groups is 1. The van der Waals surface area contributed by atoms with Crippen LogP contribution in [0, 0.1) is 12.7 Å². The summed E-state index contributed by atoms with van der Waals surface area (Å²) < 4.78 is 20.7. The number of fused-ring (bicyclic) bond motifs is 1. The van der Waals surface area contributed by atoms with Crippen LogP contribution in [0.15, 0.2) is 48.7 Å². The van der Waals surface area contributed by atoms with E-state index in [-0.39, 0.29) is 12.4 Å². The van der Waals surface area contributed by atoms with E-state index in [4.69, 9.17) is 14.8 Å². The van der Waals surface area contributed by atoms with Gasteiger partial charge in [0.15, 0.2) is 0 Å². The lowest BCUT2D eigenvalue weighted by Gasteiger charge is -2.12. The molecule has 1 N–H and O–H groups in total. The molecule has 0 atom stereocenters. The highest BCUT2D eigenvalue weighted by Crippen LogP contribution is 2.36. The van der Waals surface area contributed by atoms with Gasteiger partial charge < -0.3 is 10.1 Å². The Kier molecular flexibility index (Phi) is 5.96. The van der Waals surface area contributed by atoms with Crippen LogP contribution in [-0.4, -0.2) is 38.2 Å². The maximum atomic E-state index is 13.6. The Balaban J connectivity index is 1.69. The lowest BCUT2D eigenvalue weighted by molar-refractivity contribution is 0.0526. The number of esters is 1. The molecule has 0 saturated heterocycles. The summed E-state index contributed by atoms with van der Waals surface area (Å²) in [4.78, 5) is 21.7. The van der Waals surface area contributed by atoms with E-state index in [1.807, 2.05) is 13.0 Å². The van der Waals surface area contributed by atoms with Gasteiger partial charge in [0.05, 0.1) is 28.9 Å². The topological polar surface area (TPSA) is 81.4 Å². The highest BCUT2D eigenvalue weighted by atomic mass is 19.1. The van der Waals surface area contributed by atoms with Gasteiger partial charge >= 0.3 is 5.97 Å². The zero-order valence-electron chi connectivity index (χ0n) is 19.2. The second-order valence-corrected chi connectivity index (χ2v) is 8.52. The number of aromatic nitrogens is 4. The van der Waals surface area contributed by atoms with E-state index in [0.29, 0.717) is 34.5 Å². The summed E-state index contributed by atoms with van der Waals surface area (Å²) in [7, 11) is 0. The van der Waals surface area contributed by atoms with E-state index in [9.17, 15) is 9.18 Å². The van der Waals surface area contributed by atoms with E-state index in [0.717, 1.165) is 29.7 Å². The third-order valence-electron chi connectivity index (χ3n) is 6.14. The van der Waals surface area contributed by atoms with Crippen molar-refractivity contribution in [3.8, 4) is 22.5 Å². The summed E-state index contributed by atoms with van der Waals surface area (Å²) in [5, 5.41) is 8.27. The fourth-order valence-corrected chi connectivity index (χ4v) is 4.52. The summed E-state index contributed by atoms with van der Waals surface area (Å²) in [6, 6.07) is 11.9. The Hall–Kier alpha value is -3.81. The Morgan fingerprint density at radius 3 is 2.68 bits per heavy atom. The smallest absolute Gasteiger partial charge is 0.338 e. The summed E-state index contributed by atoms with van der Waals surface area (Å²) in [6.45, 7) is 3.95. The molecule has 0 aliphatic heterocycles. The Bertz CT molecular complexity index is 1340. The van der Waals surface area contributed by atoms with Gasteiger partial charge in [0.2, 0.25) is 5.95 Å². The van der Waals surface area contributed by atoms with E-state index in [2.05, 4.69) is 10.3 Å². The van der Waals surface area contributed by atoms with Crippen LogP contribution in [0.2, 0.25) is 0 Å². The molecule has 34 heavy (non-hydrogen) atoms. The fraction of sp³-hybridized carbons (Fsp3) is 0.308. The normalized spacial score (nSPS) is 14.0. The number of carbonyl (C=O) groups excluding carboxylic acids is 1. The van der Waals surface area contributed by atoms with Crippen molar-refractivity contribution in [2.75, 3.05) is 11.9 Å². The molecular formula is C26H26FN5O2. The first kappa shape index (κ1) is 22.0. The van der Waals surface area contributed by atoms with E-state index in [1.54, 1.807) is 41.9 Å². The lowest BCUT2D eigenvalue weighted by atomic mass is 10.0. The van der Waals surface area contributed by atoms with Crippen molar-refractivity contribution in [1.82, 2.24) is 19.6 Å². The van der Waals surface area contributed by atoms with Gasteiger partial charge in [0, 0.05) is 23.5 Å². The number of aryl methyl sites for hydroxylation is 1. The zero-order chi connectivity index (χ0) is 23.7. The first-order chi connectivity index (χ1) is 16.5. The number of hydrogen-bond donors (Lipinski definition) is 1. The minimum absolute atomic E-state index is 0.290. The van der Waals surface area contributed by atoms with Crippen LogP contribution in [0.1, 0.15) is 48.7 Å². The van der Waals surface area contributed by atoms with Crippen molar-refractivity contribution >= 4 is 17.4 Å². The highest BCUT2D eigenvalue weighted by Gasteiger charge is 2.22. The molecule has 0 radical (unpaired) electrons. The number of rotatable bonds is 6. The zero-order valence-corrected chi connectivity index (χ0v) is 19.2. The second kappa shape index (κ2) is 9.21. The third-order valence-corrected chi connectivity index (χ3v) is 6.14. The number of ether oxygens (including phenoxy) is 1. The van der Waals surface area contributed by atoms with Crippen LogP contribution >= 0.6 is 0 Å². The van der Waals surface area contributed by atoms with E-state index >= 15 is 0 Å². The number of nitrogens with zero attached hydrogens (tertiary/aromatic N) is 4. The van der Waals surface area contributed by atoms with Gasteiger partial charge in [-0.3, -0.25) is 0 Å². The van der Waals surface area contributed by atoms with Crippen LogP contribution in [0.4, 0.5) is 10.3 Å². The van der Waals surface area contributed by atoms with Gasteiger partial charge in [-0.1, -0.05) is 12.8 Å². The van der Waals surface area contributed by atoms with Gasteiger partial charge in [0.25, 0.3) is 0 Å². The quantitative estimate of drug-likeness (QED) is 0.387. The molecule has 4 aromatic rings. The van der Waals surface area contributed by atoms with Crippen molar-refractivity contribution in [2.45, 2.75) is 45.6 Å². The number of nitrogens with one attached hydrogen (secondary N) is 1. The molecule has 1 aromatic carbocycles. The Labute approximate surface area is 197 Å². The van der Waals surface area contributed by atoms with Crippen molar-refractivity contribution < 1.29 is 13.9 Å². The maximum Gasteiger partial charge on any atom is 0.338 e. The highest BCUT2D eigenvalue weighted by molar-refractivity contribution is 5.96. The lowest BCUT2D eigenvalue weighted by Crippen LogP contribution is -2.16. The van der Waals surface area contributed by atoms with Crippen molar-refractivity contribution in [3.63, 3.8) is 0 Å². The van der Waals surface area contributed by atoms with Crippen LogP contribution in [-0.2, 0) is 4.74 Å². The first-order valence-corrected chi connectivity index (χ1v) is 11.6.